The largest absolute Gasteiger partial charge is 0.481 e. The summed E-state index contributed by atoms with van der Waals surface area (Å²) in [5, 5.41) is 9.44. The smallest absolute Gasteiger partial charge is 0.311 e. The van der Waals surface area contributed by atoms with Crippen molar-refractivity contribution in [3.05, 3.63) is 52.9 Å². The molecule has 108 valence electrons. The van der Waals surface area contributed by atoms with Gasteiger partial charge >= 0.3 is 5.97 Å². The van der Waals surface area contributed by atoms with E-state index in [4.69, 9.17) is 16.0 Å². The molecular formula is C15H12ClNO4. The number of nitrogens with zero attached hydrogens (tertiary/aromatic N) is 1. The number of halogens is 1. The van der Waals surface area contributed by atoms with Gasteiger partial charge in [-0.1, -0.05) is 18.2 Å². The molecule has 1 amide bonds. The van der Waals surface area contributed by atoms with Crippen LogP contribution in [0.15, 0.2) is 40.8 Å². The maximum atomic E-state index is 12.5. The van der Waals surface area contributed by atoms with Crippen LogP contribution in [-0.4, -0.2) is 23.5 Å². The number of para-hydroxylation sites is 1. The van der Waals surface area contributed by atoms with E-state index in [0.29, 0.717) is 24.2 Å². The van der Waals surface area contributed by atoms with E-state index in [1.165, 1.54) is 17.0 Å². The number of aliphatic carboxylic acids is 1. The van der Waals surface area contributed by atoms with Crippen molar-refractivity contribution in [3.8, 4) is 0 Å². The van der Waals surface area contributed by atoms with Gasteiger partial charge < -0.3 is 14.4 Å². The van der Waals surface area contributed by atoms with Crippen LogP contribution in [0.4, 0.5) is 5.69 Å². The average molecular weight is 306 g/mol. The van der Waals surface area contributed by atoms with Crippen LogP contribution in [0, 0.1) is 0 Å². The molecule has 1 N–H and O–H groups in total. The lowest BCUT2D eigenvalue weighted by Crippen LogP contribution is -2.38. The van der Waals surface area contributed by atoms with E-state index < -0.39 is 11.9 Å². The van der Waals surface area contributed by atoms with E-state index in [0.717, 1.165) is 0 Å². The number of carbonyl (C=O) groups is 2. The van der Waals surface area contributed by atoms with E-state index in [1.54, 1.807) is 24.3 Å². The second-order valence-electron chi connectivity index (χ2n) is 4.80. The zero-order chi connectivity index (χ0) is 15.0. The van der Waals surface area contributed by atoms with E-state index in [-0.39, 0.29) is 16.9 Å². The Labute approximate surface area is 125 Å². The molecular weight excluding hydrogens is 294 g/mol. The highest BCUT2D eigenvalue weighted by Gasteiger charge is 2.33. The molecule has 0 spiro atoms. The third kappa shape index (κ3) is 2.40. The summed E-state index contributed by atoms with van der Waals surface area (Å²) in [6.07, 6.45) is 0.368. The minimum absolute atomic E-state index is 0.142. The maximum Gasteiger partial charge on any atom is 0.311 e. The first-order valence-electron chi connectivity index (χ1n) is 6.47. The SMILES string of the molecule is O=C(O)C1CCN(C(=O)c2ccc(Cl)o2)c2ccccc21. The van der Waals surface area contributed by atoms with Gasteiger partial charge in [-0.25, -0.2) is 0 Å². The summed E-state index contributed by atoms with van der Waals surface area (Å²) in [4.78, 5) is 25.3. The summed E-state index contributed by atoms with van der Waals surface area (Å²) in [5.74, 6) is -1.65. The third-order valence-electron chi connectivity index (χ3n) is 3.57. The summed E-state index contributed by atoms with van der Waals surface area (Å²) < 4.78 is 5.15. The van der Waals surface area contributed by atoms with Gasteiger partial charge in [0.05, 0.1) is 5.92 Å². The fourth-order valence-corrected chi connectivity index (χ4v) is 2.74. The Kier molecular flexibility index (Phi) is 3.43. The first-order chi connectivity index (χ1) is 10.1. The lowest BCUT2D eigenvalue weighted by atomic mass is 9.90. The molecule has 1 unspecified atom stereocenters. The second-order valence-corrected chi connectivity index (χ2v) is 5.17. The quantitative estimate of drug-likeness (QED) is 0.925. The molecule has 1 aromatic carbocycles. The molecule has 1 aliphatic heterocycles. The number of hydrogen-bond acceptors (Lipinski definition) is 3. The highest BCUT2D eigenvalue weighted by Crippen LogP contribution is 2.36. The van der Waals surface area contributed by atoms with Crippen LogP contribution < -0.4 is 4.90 Å². The highest BCUT2D eigenvalue weighted by molar-refractivity contribution is 6.29. The summed E-state index contributed by atoms with van der Waals surface area (Å²) in [6, 6.07) is 10.0. The minimum Gasteiger partial charge on any atom is -0.481 e. The van der Waals surface area contributed by atoms with E-state index in [1.807, 2.05) is 0 Å². The van der Waals surface area contributed by atoms with Gasteiger partial charge in [-0.2, -0.15) is 0 Å². The summed E-state index contributed by atoms with van der Waals surface area (Å²) in [6.45, 7) is 0.325. The molecule has 3 rings (SSSR count). The van der Waals surface area contributed by atoms with Gasteiger partial charge in [0.25, 0.3) is 5.91 Å². The predicted molar refractivity (Wildman–Crippen MR) is 76.8 cm³/mol. The first kappa shape index (κ1) is 13.7. The van der Waals surface area contributed by atoms with Gasteiger partial charge in [0, 0.05) is 12.2 Å². The number of fused-ring (bicyclic) bond motifs is 1. The van der Waals surface area contributed by atoms with Crippen LogP contribution in [0.3, 0.4) is 0 Å². The van der Waals surface area contributed by atoms with Crippen molar-refractivity contribution in [2.24, 2.45) is 0 Å². The highest BCUT2D eigenvalue weighted by atomic mass is 35.5. The van der Waals surface area contributed by atoms with Crippen molar-refractivity contribution < 1.29 is 19.1 Å². The van der Waals surface area contributed by atoms with Crippen LogP contribution in [-0.2, 0) is 4.79 Å². The molecule has 1 atom stereocenters. The zero-order valence-corrected chi connectivity index (χ0v) is 11.7. The molecule has 0 saturated carbocycles. The van der Waals surface area contributed by atoms with Crippen LogP contribution in [0.5, 0.6) is 0 Å². The Balaban J connectivity index is 2.00. The van der Waals surface area contributed by atoms with E-state index in [9.17, 15) is 14.7 Å². The van der Waals surface area contributed by atoms with Gasteiger partial charge in [-0.05, 0) is 41.8 Å². The molecule has 0 fully saturated rings. The number of amides is 1. The normalized spacial score (nSPS) is 17.4. The van der Waals surface area contributed by atoms with Crippen molar-refractivity contribution in [1.82, 2.24) is 0 Å². The fourth-order valence-electron chi connectivity index (χ4n) is 2.59. The Morgan fingerprint density at radius 1 is 1.24 bits per heavy atom. The Hall–Kier alpha value is -2.27. The third-order valence-corrected chi connectivity index (χ3v) is 3.77. The number of hydrogen-bond donors (Lipinski definition) is 1. The molecule has 6 heteroatoms. The Morgan fingerprint density at radius 2 is 2.00 bits per heavy atom. The fraction of sp³-hybridized carbons (Fsp3) is 0.200. The zero-order valence-electron chi connectivity index (χ0n) is 11.0. The van der Waals surface area contributed by atoms with Crippen molar-refractivity contribution in [2.45, 2.75) is 12.3 Å². The summed E-state index contributed by atoms with van der Waals surface area (Å²) in [7, 11) is 0. The van der Waals surface area contributed by atoms with Crippen LogP contribution in [0.1, 0.15) is 28.5 Å². The molecule has 0 bridgehead atoms. The Bertz CT molecular complexity index is 709. The molecule has 5 nitrogen and oxygen atoms in total. The monoisotopic (exact) mass is 305 g/mol. The standard InChI is InChI=1S/C15H12ClNO4/c16-13-6-5-12(21-13)14(18)17-8-7-10(15(19)20)9-3-1-2-4-11(9)17/h1-6,10H,7-8H2,(H,19,20). The minimum atomic E-state index is -0.879. The van der Waals surface area contributed by atoms with Crippen molar-refractivity contribution in [3.63, 3.8) is 0 Å². The van der Waals surface area contributed by atoms with Crippen LogP contribution in [0.25, 0.3) is 0 Å². The number of carboxylic acids is 1. The average Bonchev–Trinajstić information content (AvgIpc) is 2.91. The maximum absolute atomic E-state index is 12.5. The molecule has 0 radical (unpaired) electrons. The molecule has 1 aliphatic rings. The van der Waals surface area contributed by atoms with E-state index in [2.05, 4.69) is 0 Å². The summed E-state index contributed by atoms with van der Waals surface area (Å²) >= 11 is 5.69. The molecule has 0 aliphatic carbocycles. The molecule has 2 aromatic rings. The molecule has 1 aromatic heterocycles. The lowest BCUT2D eigenvalue weighted by Gasteiger charge is -2.32. The van der Waals surface area contributed by atoms with Gasteiger partial charge in [-0.15, -0.1) is 0 Å². The second kappa shape index (κ2) is 5.26. The van der Waals surface area contributed by atoms with E-state index >= 15 is 0 Å². The van der Waals surface area contributed by atoms with Crippen LogP contribution >= 0.6 is 11.6 Å². The van der Waals surface area contributed by atoms with Gasteiger partial charge in [-0.3, -0.25) is 9.59 Å². The topological polar surface area (TPSA) is 70.8 Å². The van der Waals surface area contributed by atoms with Crippen molar-refractivity contribution >= 4 is 29.2 Å². The van der Waals surface area contributed by atoms with Gasteiger partial charge in [0.2, 0.25) is 0 Å². The number of carbonyl (C=O) groups excluding carboxylic acids is 1. The lowest BCUT2D eigenvalue weighted by molar-refractivity contribution is -0.139. The predicted octanol–water partition coefficient (Wildman–Crippen LogP) is 3.15. The number of benzene rings is 1. The number of furan rings is 1. The van der Waals surface area contributed by atoms with Crippen molar-refractivity contribution in [2.75, 3.05) is 11.4 Å². The number of carboxylic acid groups (broad SMARTS) is 1. The summed E-state index contributed by atoms with van der Waals surface area (Å²) in [5.41, 5.74) is 1.25. The first-order valence-corrected chi connectivity index (χ1v) is 6.84. The number of anilines is 1. The van der Waals surface area contributed by atoms with Crippen molar-refractivity contribution in [1.29, 1.82) is 0 Å². The Morgan fingerprint density at radius 3 is 2.67 bits per heavy atom. The van der Waals surface area contributed by atoms with Gasteiger partial charge in [0.1, 0.15) is 0 Å². The molecule has 2 heterocycles. The molecule has 0 saturated heterocycles. The number of rotatable bonds is 2. The molecule has 21 heavy (non-hydrogen) atoms. The van der Waals surface area contributed by atoms with Crippen LogP contribution in [0.2, 0.25) is 5.22 Å². The van der Waals surface area contributed by atoms with Gasteiger partial charge in [0.15, 0.2) is 11.0 Å².